The van der Waals surface area contributed by atoms with Gasteiger partial charge in [0.2, 0.25) is 11.9 Å². The Morgan fingerprint density at radius 3 is 2.83 bits per heavy atom. The molecule has 11 heteroatoms. The number of hydrogen-bond acceptors (Lipinski definition) is 10. The number of ether oxygens (including phenoxy) is 1. The van der Waals surface area contributed by atoms with Gasteiger partial charge in [0.1, 0.15) is 17.0 Å². The van der Waals surface area contributed by atoms with Crippen molar-refractivity contribution in [1.82, 2.24) is 24.9 Å². The molecule has 0 radical (unpaired) electrons. The number of carbonyl (C=O) groups is 1. The van der Waals surface area contributed by atoms with Crippen LogP contribution in [0.3, 0.4) is 0 Å². The zero-order valence-corrected chi connectivity index (χ0v) is 19.5. The fourth-order valence-electron chi connectivity index (χ4n) is 3.88. The summed E-state index contributed by atoms with van der Waals surface area (Å²) in [6.45, 7) is 6.07. The predicted molar refractivity (Wildman–Crippen MR) is 138 cm³/mol. The average molecular weight is 484 g/mol. The Bertz CT molecular complexity index is 1390. The van der Waals surface area contributed by atoms with Gasteiger partial charge < -0.3 is 26.0 Å². The van der Waals surface area contributed by atoms with E-state index in [9.17, 15) is 4.79 Å². The molecule has 182 valence electrons. The summed E-state index contributed by atoms with van der Waals surface area (Å²) in [6.07, 6.45) is 7.97. The number of nitrogens with zero attached hydrogens (tertiary/aromatic N) is 6. The second kappa shape index (κ2) is 10.4. The molecule has 5 heterocycles. The molecule has 0 spiro atoms. The summed E-state index contributed by atoms with van der Waals surface area (Å²) in [4.78, 5) is 36.5. The van der Waals surface area contributed by atoms with Crippen molar-refractivity contribution in [3.8, 4) is 11.4 Å². The molecule has 0 aromatic carbocycles. The SMILES string of the molecule is C=CC(=O)Nc1ccnc(-c2nccc3cnc(Nc4ccc(N5CCO[C@@H](CN)C5)nc4)nc23)c1. The van der Waals surface area contributed by atoms with E-state index < -0.39 is 0 Å². The van der Waals surface area contributed by atoms with Crippen LogP contribution < -0.4 is 21.3 Å². The van der Waals surface area contributed by atoms with Gasteiger partial charge >= 0.3 is 0 Å². The first-order chi connectivity index (χ1) is 17.6. The van der Waals surface area contributed by atoms with Crippen LogP contribution in [0.5, 0.6) is 0 Å². The fraction of sp³-hybridized carbons (Fsp3) is 0.200. The first-order valence-electron chi connectivity index (χ1n) is 11.4. The lowest BCUT2D eigenvalue weighted by Crippen LogP contribution is -2.46. The second-order valence-electron chi connectivity index (χ2n) is 8.12. The number of fused-ring (bicyclic) bond motifs is 1. The van der Waals surface area contributed by atoms with Crippen molar-refractivity contribution >= 4 is 40.0 Å². The van der Waals surface area contributed by atoms with Crippen LogP contribution in [0.15, 0.2) is 67.8 Å². The molecule has 4 N–H and O–H groups in total. The number of nitrogens with two attached hydrogens (primary N) is 1. The Hall–Kier alpha value is -4.48. The molecule has 1 atom stereocenters. The predicted octanol–water partition coefficient (Wildman–Crippen LogP) is 2.51. The maximum Gasteiger partial charge on any atom is 0.247 e. The Kier molecular flexibility index (Phi) is 6.74. The van der Waals surface area contributed by atoms with Gasteiger partial charge in [0.05, 0.1) is 30.3 Å². The third kappa shape index (κ3) is 5.11. The highest BCUT2D eigenvalue weighted by atomic mass is 16.5. The van der Waals surface area contributed by atoms with Gasteiger partial charge in [0.15, 0.2) is 0 Å². The van der Waals surface area contributed by atoms with Crippen LogP contribution in [-0.4, -0.2) is 63.2 Å². The molecule has 0 aliphatic carbocycles. The molecule has 4 aromatic rings. The van der Waals surface area contributed by atoms with Crippen LogP contribution in [0.25, 0.3) is 22.3 Å². The van der Waals surface area contributed by atoms with E-state index in [1.54, 1.807) is 36.9 Å². The highest BCUT2D eigenvalue weighted by Crippen LogP contribution is 2.26. The number of hydrogen-bond donors (Lipinski definition) is 3. The number of aromatic nitrogens is 5. The van der Waals surface area contributed by atoms with E-state index in [1.807, 2.05) is 18.2 Å². The molecular formula is C25H25N9O2. The first kappa shape index (κ1) is 23.3. The fourth-order valence-corrected chi connectivity index (χ4v) is 3.88. The molecule has 0 bridgehead atoms. The lowest BCUT2D eigenvalue weighted by molar-refractivity contribution is -0.111. The first-order valence-corrected chi connectivity index (χ1v) is 11.4. The van der Waals surface area contributed by atoms with E-state index in [2.05, 4.69) is 42.0 Å². The molecule has 4 aromatic heterocycles. The van der Waals surface area contributed by atoms with E-state index >= 15 is 0 Å². The Balaban J connectivity index is 1.38. The van der Waals surface area contributed by atoms with Crippen LogP contribution in [0.4, 0.5) is 23.1 Å². The largest absolute Gasteiger partial charge is 0.373 e. The second-order valence-corrected chi connectivity index (χ2v) is 8.12. The topological polar surface area (TPSA) is 144 Å². The molecule has 1 amide bonds. The molecule has 0 unspecified atom stereocenters. The summed E-state index contributed by atoms with van der Waals surface area (Å²) >= 11 is 0. The summed E-state index contributed by atoms with van der Waals surface area (Å²) in [6, 6.07) is 9.14. The summed E-state index contributed by atoms with van der Waals surface area (Å²) in [5.41, 5.74) is 8.85. The molecule has 11 nitrogen and oxygen atoms in total. The van der Waals surface area contributed by atoms with Gasteiger partial charge in [-0.2, -0.15) is 0 Å². The van der Waals surface area contributed by atoms with E-state index in [4.69, 9.17) is 15.5 Å². The minimum Gasteiger partial charge on any atom is -0.373 e. The highest BCUT2D eigenvalue weighted by Gasteiger charge is 2.20. The molecule has 1 fully saturated rings. The van der Waals surface area contributed by atoms with Crippen molar-refractivity contribution in [1.29, 1.82) is 0 Å². The molecule has 1 aliphatic rings. The summed E-state index contributed by atoms with van der Waals surface area (Å²) in [5, 5.41) is 6.75. The van der Waals surface area contributed by atoms with Crippen LogP contribution in [0.2, 0.25) is 0 Å². The van der Waals surface area contributed by atoms with Gasteiger partial charge in [-0.3, -0.25) is 14.8 Å². The van der Waals surface area contributed by atoms with Crippen LogP contribution in [0, 0.1) is 0 Å². The van der Waals surface area contributed by atoms with Gasteiger partial charge in [0, 0.05) is 49.3 Å². The Morgan fingerprint density at radius 2 is 2.03 bits per heavy atom. The van der Waals surface area contributed by atoms with Gasteiger partial charge in [-0.25, -0.2) is 15.0 Å². The number of nitrogens with one attached hydrogen (secondary N) is 2. The maximum atomic E-state index is 11.7. The van der Waals surface area contributed by atoms with Crippen molar-refractivity contribution in [3.05, 3.63) is 67.8 Å². The quantitative estimate of drug-likeness (QED) is 0.335. The van der Waals surface area contributed by atoms with E-state index in [0.717, 1.165) is 23.4 Å². The van der Waals surface area contributed by atoms with Crippen molar-refractivity contribution < 1.29 is 9.53 Å². The molecule has 1 aliphatic heterocycles. The van der Waals surface area contributed by atoms with E-state index in [-0.39, 0.29) is 12.0 Å². The Morgan fingerprint density at radius 1 is 1.14 bits per heavy atom. The number of pyridine rings is 3. The average Bonchev–Trinajstić information content (AvgIpc) is 2.93. The monoisotopic (exact) mass is 483 g/mol. The zero-order valence-electron chi connectivity index (χ0n) is 19.5. The number of carbonyl (C=O) groups excluding carboxylic acids is 1. The van der Waals surface area contributed by atoms with Crippen molar-refractivity contribution in [3.63, 3.8) is 0 Å². The minimum atomic E-state index is -0.306. The molecule has 5 rings (SSSR count). The van der Waals surface area contributed by atoms with E-state index in [1.165, 1.54) is 6.08 Å². The summed E-state index contributed by atoms with van der Waals surface area (Å²) in [5.74, 6) is 0.957. The molecule has 36 heavy (non-hydrogen) atoms. The van der Waals surface area contributed by atoms with Gasteiger partial charge in [-0.1, -0.05) is 6.58 Å². The maximum absolute atomic E-state index is 11.7. The van der Waals surface area contributed by atoms with Gasteiger partial charge in [0.25, 0.3) is 0 Å². The standard InChI is InChI=1S/C25H25N9O2/c1-2-22(35)31-17-6-8-27-20(11-17)24-23-16(5-7-28-24)13-30-25(33-23)32-18-3-4-21(29-14-18)34-9-10-36-19(12-26)15-34/h2-8,11,13-14,19H,1,9-10,12,15,26H2,(H,27,31,35)(H,30,32,33)/t19-/m0/s1. The smallest absolute Gasteiger partial charge is 0.247 e. The lowest BCUT2D eigenvalue weighted by Gasteiger charge is -2.33. The van der Waals surface area contributed by atoms with Crippen LogP contribution in [-0.2, 0) is 9.53 Å². The van der Waals surface area contributed by atoms with Gasteiger partial charge in [-0.15, -0.1) is 0 Å². The third-order valence-electron chi connectivity index (χ3n) is 5.68. The number of anilines is 4. The third-order valence-corrected chi connectivity index (χ3v) is 5.68. The van der Waals surface area contributed by atoms with Crippen LogP contribution >= 0.6 is 0 Å². The van der Waals surface area contributed by atoms with Crippen molar-refractivity contribution in [2.45, 2.75) is 6.10 Å². The number of rotatable bonds is 7. The molecular weight excluding hydrogens is 458 g/mol. The Labute approximate surface area is 207 Å². The zero-order chi connectivity index (χ0) is 24.9. The van der Waals surface area contributed by atoms with Crippen molar-refractivity contribution in [2.75, 3.05) is 41.8 Å². The normalized spacial score (nSPS) is 15.5. The van der Waals surface area contributed by atoms with Crippen molar-refractivity contribution in [2.24, 2.45) is 5.73 Å². The summed E-state index contributed by atoms with van der Waals surface area (Å²) < 4.78 is 5.63. The minimum absolute atomic E-state index is 0.0144. The number of amides is 1. The van der Waals surface area contributed by atoms with E-state index in [0.29, 0.717) is 48.2 Å². The lowest BCUT2D eigenvalue weighted by atomic mass is 10.1. The molecule has 1 saturated heterocycles. The molecule has 0 saturated carbocycles. The highest BCUT2D eigenvalue weighted by molar-refractivity contribution is 5.99. The van der Waals surface area contributed by atoms with Gasteiger partial charge in [-0.05, 0) is 36.4 Å². The number of morpholine rings is 1. The summed E-state index contributed by atoms with van der Waals surface area (Å²) in [7, 11) is 0. The van der Waals surface area contributed by atoms with Crippen LogP contribution in [0.1, 0.15) is 0 Å².